The van der Waals surface area contributed by atoms with E-state index in [1.54, 1.807) is 32.9 Å². The molecule has 10 nitrogen and oxygen atoms in total. The van der Waals surface area contributed by atoms with Crippen LogP contribution in [0.5, 0.6) is 5.75 Å². The molecule has 0 radical (unpaired) electrons. The Morgan fingerprint density at radius 2 is 0.884 bits per heavy atom. The summed E-state index contributed by atoms with van der Waals surface area (Å²) >= 11 is 0. The van der Waals surface area contributed by atoms with Crippen molar-refractivity contribution in [3.63, 3.8) is 0 Å². The first-order valence-electron chi connectivity index (χ1n) is 13.7. The van der Waals surface area contributed by atoms with Crippen molar-refractivity contribution in [2.75, 3.05) is 7.11 Å². The monoisotopic (exact) mass is 646 g/mol. The van der Waals surface area contributed by atoms with Gasteiger partial charge in [0.2, 0.25) is 0 Å². The number of carbonyl (C=O) groups excluding carboxylic acids is 2. The summed E-state index contributed by atoms with van der Waals surface area (Å²) in [4.78, 5) is 21.6. The van der Waals surface area contributed by atoms with E-state index in [0.717, 1.165) is 17.7 Å². The number of benzene rings is 2. The average Bonchev–Trinajstić information content (AvgIpc) is 2.89. The molecular formula is C31H50O10S2-2. The molecule has 0 amide bonds. The Morgan fingerprint density at radius 1 is 0.581 bits per heavy atom. The zero-order chi connectivity index (χ0) is 35.0. The molecule has 0 aliphatic rings. The lowest BCUT2D eigenvalue weighted by molar-refractivity contribution is -0.149. The Morgan fingerprint density at radius 3 is 1.09 bits per heavy atom. The highest BCUT2D eigenvalue weighted by atomic mass is 32.2. The molecular weight excluding hydrogens is 596 g/mol. The van der Waals surface area contributed by atoms with Crippen molar-refractivity contribution in [1.29, 1.82) is 0 Å². The van der Waals surface area contributed by atoms with Crippen LogP contribution in [0, 0.1) is 10.8 Å². The van der Waals surface area contributed by atoms with Crippen LogP contribution in [0.3, 0.4) is 0 Å². The smallest absolute Gasteiger partial charge is 0.316 e. The molecule has 0 atom stereocenters. The summed E-state index contributed by atoms with van der Waals surface area (Å²) in [5.74, 6) is -0.398. The zero-order valence-electron chi connectivity index (χ0n) is 28.0. The number of hydrogen-bond acceptors (Lipinski definition) is 10. The third kappa shape index (κ3) is 19.2. The van der Waals surface area contributed by atoms with E-state index < -0.39 is 31.6 Å². The summed E-state index contributed by atoms with van der Waals surface area (Å²) in [6, 6.07) is 10.8. The zero-order valence-corrected chi connectivity index (χ0v) is 29.7. The van der Waals surface area contributed by atoms with Gasteiger partial charge in [0.25, 0.3) is 0 Å². The second-order valence-electron chi connectivity index (χ2n) is 11.5. The Balaban J connectivity index is -0.000000554. The summed E-state index contributed by atoms with van der Waals surface area (Å²) < 4.78 is 73.4. The van der Waals surface area contributed by atoms with Gasteiger partial charge in [0.15, 0.2) is 0 Å². The Kier molecular flexibility index (Phi) is 19.5. The van der Waals surface area contributed by atoms with Crippen molar-refractivity contribution in [1.82, 2.24) is 0 Å². The van der Waals surface area contributed by atoms with E-state index >= 15 is 0 Å². The normalized spacial score (nSPS) is 11.3. The Bertz CT molecular complexity index is 1310. The van der Waals surface area contributed by atoms with Crippen LogP contribution in [0.25, 0.3) is 0 Å². The Labute approximate surface area is 259 Å². The molecule has 0 spiro atoms. The van der Waals surface area contributed by atoms with Crippen molar-refractivity contribution < 1.29 is 45.0 Å². The first-order valence-corrected chi connectivity index (χ1v) is 16.5. The summed E-state index contributed by atoms with van der Waals surface area (Å²) in [5.41, 5.74) is -0.0339. The SMILES string of the molecule is CC.CC.CC(C)(C)C(=O)Oc1ccc(S(=O)(=O)[O-])cc1.CC(C)(C)c1ccc(S(=O)(=O)[O-])cc1.COC(=O)C(C)(C)C. The van der Waals surface area contributed by atoms with Crippen LogP contribution >= 0.6 is 0 Å². The summed E-state index contributed by atoms with van der Waals surface area (Å²) in [5, 5.41) is 0. The predicted molar refractivity (Wildman–Crippen MR) is 167 cm³/mol. The highest BCUT2D eigenvalue weighted by Gasteiger charge is 2.23. The number of esters is 2. The highest BCUT2D eigenvalue weighted by Crippen LogP contribution is 2.23. The van der Waals surface area contributed by atoms with Crippen LogP contribution in [-0.4, -0.2) is 45.0 Å². The number of carbonyl (C=O) groups is 2. The maximum atomic E-state index is 11.5. The molecule has 0 N–H and O–H groups in total. The van der Waals surface area contributed by atoms with Crippen molar-refractivity contribution in [2.45, 2.75) is 105 Å². The average molecular weight is 647 g/mol. The largest absolute Gasteiger partial charge is 0.744 e. The minimum absolute atomic E-state index is 0.0365. The fourth-order valence-electron chi connectivity index (χ4n) is 2.36. The maximum Gasteiger partial charge on any atom is 0.316 e. The minimum Gasteiger partial charge on any atom is -0.744 e. The van der Waals surface area contributed by atoms with E-state index in [-0.39, 0.29) is 32.3 Å². The van der Waals surface area contributed by atoms with Gasteiger partial charge in [-0.25, -0.2) is 16.8 Å². The van der Waals surface area contributed by atoms with Crippen molar-refractivity contribution >= 4 is 32.2 Å². The quantitative estimate of drug-likeness (QED) is 0.199. The Hall–Kier alpha value is -2.80. The van der Waals surface area contributed by atoms with Crippen molar-refractivity contribution in [3.05, 3.63) is 54.1 Å². The topological polar surface area (TPSA) is 167 Å². The van der Waals surface area contributed by atoms with Gasteiger partial charge in [0.1, 0.15) is 26.0 Å². The third-order valence-corrected chi connectivity index (χ3v) is 6.44. The fraction of sp³-hybridized carbons (Fsp3) is 0.548. The van der Waals surface area contributed by atoms with E-state index in [1.165, 1.54) is 31.4 Å². The molecule has 0 unspecified atom stereocenters. The molecule has 0 saturated carbocycles. The lowest BCUT2D eigenvalue weighted by Gasteiger charge is -2.19. The van der Waals surface area contributed by atoms with E-state index in [2.05, 4.69) is 4.74 Å². The molecule has 0 aliphatic heterocycles. The number of rotatable bonds is 3. The van der Waals surface area contributed by atoms with E-state index in [1.807, 2.05) is 69.2 Å². The van der Waals surface area contributed by atoms with Crippen LogP contribution in [0.1, 0.15) is 95.6 Å². The molecule has 2 aromatic carbocycles. The van der Waals surface area contributed by atoms with Crippen LogP contribution in [-0.2, 0) is 40.0 Å². The van der Waals surface area contributed by atoms with E-state index in [0.29, 0.717) is 0 Å². The van der Waals surface area contributed by atoms with E-state index in [9.17, 15) is 35.5 Å². The molecule has 2 rings (SSSR count). The summed E-state index contributed by atoms with van der Waals surface area (Å²) in [6.07, 6.45) is 0. The predicted octanol–water partition coefficient (Wildman–Crippen LogP) is 6.69. The van der Waals surface area contributed by atoms with Gasteiger partial charge in [-0.15, -0.1) is 0 Å². The van der Waals surface area contributed by atoms with E-state index in [4.69, 9.17) is 4.74 Å². The highest BCUT2D eigenvalue weighted by molar-refractivity contribution is 7.86. The van der Waals surface area contributed by atoms with Gasteiger partial charge in [-0.3, -0.25) is 9.59 Å². The lowest BCUT2D eigenvalue weighted by Crippen LogP contribution is -2.25. The number of ether oxygens (including phenoxy) is 2. The molecule has 43 heavy (non-hydrogen) atoms. The van der Waals surface area contributed by atoms with Crippen LogP contribution < -0.4 is 4.74 Å². The third-order valence-electron chi connectivity index (χ3n) is 4.74. The summed E-state index contributed by atoms with van der Waals surface area (Å²) in [6.45, 7) is 24.6. The fourth-order valence-corrected chi connectivity index (χ4v) is 3.30. The standard InChI is InChI=1S/C11H14O5S.C10H14O3S.C6H12O2.2C2H6/c1-11(2,3)10(12)16-8-4-6-9(7-5-8)17(13,14)15;1-10(2,3)8-4-6-9(7-5-8)14(11,12)13;1-6(2,3)5(7)8-4;2*1-2/h4-7H,1-3H3,(H,13,14,15);4-7H,1-3H3,(H,11,12,13);1-4H3;2*1-2H3/p-2. The number of methoxy groups -OCH3 is 1. The van der Waals surface area contributed by atoms with Gasteiger partial charge in [-0.1, -0.05) is 60.6 Å². The molecule has 2 aromatic rings. The van der Waals surface area contributed by atoms with Gasteiger partial charge in [0, 0.05) is 0 Å². The van der Waals surface area contributed by atoms with Gasteiger partial charge in [-0.05, 0) is 88.9 Å². The van der Waals surface area contributed by atoms with Crippen LogP contribution in [0.15, 0.2) is 58.3 Å². The minimum atomic E-state index is -4.47. The van der Waals surface area contributed by atoms with Crippen molar-refractivity contribution in [3.8, 4) is 5.75 Å². The first-order chi connectivity index (χ1) is 19.3. The van der Waals surface area contributed by atoms with Crippen molar-refractivity contribution in [2.24, 2.45) is 10.8 Å². The maximum absolute atomic E-state index is 11.5. The van der Waals surface area contributed by atoms with Crippen LogP contribution in [0.4, 0.5) is 0 Å². The lowest BCUT2D eigenvalue weighted by atomic mass is 9.87. The summed E-state index contributed by atoms with van der Waals surface area (Å²) in [7, 11) is -7.39. The van der Waals surface area contributed by atoms with Gasteiger partial charge >= 0.3 is 11.9 Å². The first kappa shape index (κ1) is 44.6. The molecule has 0 aromatic heterocycles. The molecule has 12 heteroatoms. The van der Waals surface area contributed by atoms with Crippen LogP contribution in [0.2, 0.25) is 0 Å². The molecule has 248 valence electrons. The second kappa shape index (κ2) is 18.8. The molecule has 0 saturated heterocycles. The van der Waals surface area contributed by atoms with Gasteiger partial charge in [0.05, 0.1) is 27.7 Å². The van der Waals surface area contributed by atoms with Gasteiger partial charge < -0.3 is 18.6 Å². The molecule has 0 aliphatic carbocycles. The molecule has 0 bridgehead atoms. The second-order valence-corrected chi connectivity index (χ2v) is 14.3. The molecule has 0 heterocycles. The number of hydrogen-bond donors (Lipinski definition) is 0. The van der Waals surface area contributed by atoms with Gasteiger partial charge in [-0.2, -0.15) is 0 Å². The molecule has 0 fully saturated rings.